The number of hydrogen-bond acceptors (Lipinski definition) is 1. The largest absolute Gasteiger partial charge is 0.295 e. The number of rotatable bonds is 2. The van der Waals surface area contributed by atoms with E-state index < -0.39 is 16.7 Å². The number of carbonyl (C=O) groups is 1. The van der Waals surface area contributed by atoms with Gasteiger partial charge in [-0.05, 0) is 6.92 Å². The van der Waals surface area contributed by atoms with Crippen LogP contribution in [0, 0.1) is 0 Å². The first kappa shape index (κ1) is 8.21. The van der Waals surface area contributed by atoms with E-state index in [0.717, 1.165) is 0 Å². The van der Waals surface area contributed by atoms with Crippen LogP contribution in [0.3, 0.4) is 0 Å². The molecule has 47 valence electrons. The molecule has 0 aromatic carbocycles. The Morgan fingerprint density at radius 1 is 1.62 bits per heavy atom. The van der Waals surface area contributed by atoms with Crippen molar-refractivity contribution in [2.45, 2.75) is 17.8 Å². The minimum Gasteiger partial charge on any atom is -0.295 e. The standard InChI is InChI=1S/C4H6Cl2NO/c1-2(7)3(8)4(5)6/h2,4,7H,1H3. The molecule has 4 heteroatoms. The summed E-state index contributed by atoms with van der Waals surface area (Å²) in [7, 11) is 0. The Kier molecular flexibility index (Phi) is 3.36. The molecule has 2 nitrogen and oxygen atoms in total. The minimum atomic E-state index is -1.04. The highest BCUT2D eigenvalue weighted by atomic mass is 35.5. The molecule has 0 rings (SSSR count). The van der Waals surface area contributed by atoms with Crippen LogP contribution < -0.4 is 5.73 Å². The molecule has 8 heavy (non-hydrogen) atoms. The Balaban J connectivity index is 3.65. The molecule has 0 spiro atoms. The molecule has 0 aliphatic carbocycles. The van der Waals surface area contributed by atoms with Gasteiger partial charge >= 0.3 is 0 Å². The summed E-state index contributed by atoms with van der Waals surface area (Å²) in [6.07, 6.45) is 0. The Bertz CT molecular complexity index is 82.0. The van der Waals surface area contributed by atoms with Crippen LogP contribution in [0.5, 0.6) is 0 Å². The third-order valence-corrected chi connectivity index (χ3v) is 1.07. The van der Waals surface area contributed by atoms with E-state index in [1.807, 2.05) is 0 Å². The second kappa shape index (κ2) is 3.28. The molecule has 0 aromatic heterocycles. The summed E-state index contributed by atoms with van der Waals surface area (Å²) in [6, 6.07) is -0.810. The first-order valence-electron chi connectivity index (χ1n) is 2.08. The summed E-state index contributed by atoms with van der Waals surface area (Å²) in [4.78, 5) is 9.35. The lowest BCUT2D eigenvalue weighted by molar-refractivity contribution is -0.118. The number of halogens is 2. The van der Waals surface area contributed by atoms with E-state index in [1.165, 1.54) is 6.92 Å². The number of carbonyl (C=O) groups excluding carboxylic acids is 1. The van der Waals surface area contributed by atoms with Gasteiger partial charge in [-0.15, -0.1) is 0 Å². The van der Waals surface area contributed by atoms with Gasteiger partial charge in [-0.25, -0.2) is 5.73 Å². The van der Waals surface area contributed by atoms with Crippen LogP contribution in [-0.4, -0.2) is 16.7 Å². The maximum Gasteiger partial charge on any atom is 0.183 e. The summed E-state index contributed by atoms with van der Waals surface area (Å²) in [5.74, 6) is -0.451. The zero-order valence-electron chi connectivity index (χ0n) is 4.32. The van der Waals surface area contributed by atoms with Crippen LogP contribution in [0.2, 0.25) is 0 Å². The second-order valence-corrected chi connectivity index (χ2v) is 2.52. The van der Waals surface area contributed by atoms with Gasteiger partial charge in [0, 0.05) is 0 Å². The topological polar surface area (TPSA) is 40.9 Å². The summed E-state index contributed by atoms with van der Waals surface area (Å²) < 4.78 is 0. The average Bonchev–Trinajstić information content (AvgIpc) is 1.64. The van der Waals surface area contributed by atoms with Gasteiger partial charge in [0.05, 0.1) is 6.04 Å². The smallest absolute Gasteiger partial charge is 0.183 e. The Morgan fingerprint density at radius 3 is 2.00 bits per heavy atom. The van der Waals surface area contributed by atoms with Gasteiger partial charge in [0.2, 0.25) is 0 Å². The maximum absolute atomic E-state index is 10.4. The van der Waals surface area contributed by atoms with Crippen molar-refractivity contribution in [1.82, 2.24) is 5.73 Å². The van der Waals surface area contributed by atoms with Gasteiger partial charge in [0.25, 0.3) is 0 Å². The predicted molar refractivity (Wildman–Crippen MR) is 33.1 cm³/mol. The summed E-state index contributed by atoms with van der Waals surface area (Å²) in [5, 5.41) is 0. The van der Waals surface area contributed by atoms with Crippen molar-refractivity contribution in [2.75, 3.05) is 0 Å². The summed E-state index contributed by atoms with van der Waals surface area (Å²) in [6.45, 7) is 1.43. The molecule has 0 aromatic rings. The molecule has 0 heterocycles. The Labute approximate surface area is 57.9 Å². The Hall–Kier alpha value is 0.210. The summed E-state index contributed by atoms with van der Waals surface area (Å²) in [5.41, 5.74) is 6.80. The first-order valence-corrected chi connectivity index (χ1v) is 2.96. The van der Waals surface area contributed by atoms with E-state index >= 15 is 0 Å². The van der Waals surface area contributed by atoms with Crippen LogP contribution in [0.15, 0.2) is 0 Å². The Morgan fingerprint density at radius 2 is 2.00 bits per heavy atom. The molecule has 0 saturated heterocycles. The molecule has 1 radical (unpaired) electrons. The molecule has 0 amide bonds. The van der Waals surface area contributed by atoms with Crippen molar-refractivity contribution >= 4 is 29.0 Å². The minimum absolute atomic E-state index is 0.451. The molecular formula is C4H6Cl2NO. The zero-order valence-corrected chi connectivity index (χ0v) is 5.83. The third-order valence-electron chi connectivity index (χ3n) is 0.642. The van der Waals surface area contributed by atoms with Crippen molar-refractivity contribution in [3.8, 4) is 0 Å². The molecule has 0 aliphatic rings. The monoisotopic (exact) mass is 154 g/mol. The predicted octanol–water partition coefficient (Wildman–Crippen LogP) is 1.03. The van der Waals surface area contributed by atoms with E-state index in [1.54, 1.807) is 0 Å². The molecule has 1 unspecified atom stereocenters. The first-order chi connectivity index (χ1) is 3.55. The number of alkyl halides is 2. The van der Waals surface area contributed by atoms with Crippen LogP contribution >= 0.6 is 23.2 Å². The quantitative estimate of drug-likeness (QED) is 0.549. The van der Waals surface area contributed by atoms with Crippen molar-refractivity contribution in [2.24, 2.45) is 0 Å². The second-order valence-electron chi connectivity index (χ2n) is 1.42. The molecular weight excluding hydrogens is 149 g/mol. The van der Waals surface area contributed by atoms with E-state index in [4.69, 9.17) is 28.9 Å². The van der Waals surface area contributed by atoms with Crippen molar-refractivity contribution < 1.29 is 4.79 Å². The molecule has 1 N–H and O–H groups in total. The van der Waals surface area contributed by atoms with Gasteiger partial charge in [0.15, 0.2) is 10.6 Å². The van der Waals surface area contributed by atoms with Gasteiger partial charge in [0.1, 0.15) is 0 Å². The number of nitrogens with one attached hydrogen (secondary N) is 1. The van der Waals surface area contributed by atoms with Gasteiger partial charge in [-0.1, -0.05) is 23.2 Å². The fraction of sp³-hybridized carbons (Fsp3) is 0.750. The van der Waals surface area contributed by atoms with Crippen molar-refractivity contribution in [1.29, 1.82) is 0 Å². The molecule has 0 fully saturated rings. The SMILES string of the molecule is CC([NH])C(=O)C(Cl)Cl. The molecule has 1 atom stereocenters. The normalized spacial score (nSPS) is 14.1. The van der Waals surface area contributed by atoms with E-state index in [9.17, 15) is 4.79 Å². The van der Waals surface area contributed by atoms with Gasteiger partial charge < -0.3 is 0 Å². The lowest BCUT2D eigenvalue weighted by atomic mass is 10.3. The van der Waals surface area contributed by atoms with E-state index in [-0.39, 0.29) is 0 Å². The highest BCUT2D eigenvalue weighted by Gasteiger charge is 2.15. The fourth-order valence-corrected chi connectivity index (χ4v) is 0.567. The van der Waals surface area contributed by atoms with Crippen molar-refractivity contribution in [3.05, 3.63) is 0 Å². The van der Waals surface area contributed by atoms with Gasteiger partial charge in [-0.2, -0.15) is 0 Å². The third kappa shape index (κ3) is 2.50. The highest BCUT2D eigenvalue weighted by molar-refractivity contribution is 6.54. The van der Waals surface area contributed by atoms with Gasteiger partial charge in [-0.3, -0.25) is 4.79 Å². The van der Waals surface area contributed by atoms with Crippen LogP contribution in [0.25, 0.3) is 0 Å². The van der Waals surface area contributed by atoms with Crippen LogP contribution in [0.1, 0.15) is 6.92 Å². The zero-order chi connectivity index (χ0) is 6.73. The number of hydrogen-bond donors (Lipinski definition) is 0. The molecule has 0 bridgehead atoms. The average molecular weight is 155 g/mol. The molecule has 0 saturated carbocycles. The summed E-state index contributed by atoms with van der Waals surface area (Å²) >= 11 is 10.2. The van der Waals surface area contributed by atoms with E-state index in [0.29, 0.717) is 0 Å². The highest BCUT2D eigenvalue weighted by Crippen LogP contribution is 2.04. The molecule has 0 aliphatic heterocycles. The number of ketones is 1. The fourth-order valence-electron chi connectivity index (χ4n) is 0.189. The number of Topliss-reactive ketones (excluding diaryl/α,β-unsaturated/α-hetero) is 1. The van der Waals surface area contributed by atoms with Crippen LogP contribution in [0.4, 0.5) is 0 Å². The van der Waals surface area contributed by atoms with E-state index in [2.05, 4.69) is 0 Å². The lowest BCUT2D eigenvalue weighted by Crippen LogP contribution is -2.23. The van der Waals surface area contributed by atoms with Crippen molar-refractivity contribution in [3.63, 3.8) is 0 Å². The van der Waals surface area contributed by atoms with Crippen LogP contribution in [-0.2, 0) is 4.79 Å². The maximum atomic E-state index is 10.4. The lowest BCUT2D eigenvalue weighted by Gasteiger charge is -2.00.